The summed E-state index contributed by atoms with van der Waals surface area (Å²) in [4.78, 5) is 15.5. The molecule has 0 radical (unpaired) electrons. The molecule has 30 heavy (non-hydrogen) atoms. The maximum Gasteiger partial charge on any atom is 0.573 e. The average Bonchev–Trinajstić information content (AvgIpc) is 2.71. The molecule has 160 valence electrons. The third-order valence-electron chi connectivity index (χ3n) is 3.79. The number of amides is 1. The third-order valence-corrected chi connectivity index (χ3v) is 3.79. The van der Waals surface area contributed by atoms with Gasteiger partial charge in [-0.3, -0.25) is 4.79 Å². The Kier molecular flexibility index (Phi) is 7.50. The first-order valence-corrected chi connectivity index (χ1v) is 8.53. The van der Waals surface area contributed by atoms with Crippen molar-refractivity contribution in [3.05, 3.63) is 60.3 Å². The van der Waals surface area contributed by atoms with Crippen LogP contribution in [0, 0.1) is 5.41 Å². The topological polar surface area (TPSA) is 128 Å². The number of nitrogens with zero attached hydrogens (tertiary/aromatic N) is 1. The number of carbonyl (C=O) groups excluding carboxylic acids is 1. The molecule has 1 unspecified atom stereocenters. The van der Waals surface area contributed by atoms with E-state index in [0.29, 0.717) is 5.69 Å². The second-order valence-electron chi connectivity index (χ2n) is 5.92. The zero-order valence-corrected chi connectivity index (χ0v) is 15.5. The van der Waals surface area contributed by atoms with E-state index >= 15 is 0 Å². The molecule has 1 amide bonds. The molecule has 1 atom stereocenters. The second-order valence-corrected chi connectivity index (χ2v) is 5.92. The number of hydrogen-bond acceptors (Lipinski definition) is 7. The van der Waals surface area contributed by atoms with Gasteiger partial charge in [-0.1, -0.05) is 6.58 Å². The first-order chi connectivity index (χ1) is 14.1. The standard InChI is InChI=1S/C19H19F3N4O4/c1-2-16(29)25-9-14(23)17-13(15(28)10-27)7-8-24-18(17)26-11-3-5-12(6-4-11)30-19(20,21)22/h2-8,15,23,27-28H,1,9-10H2,(H,24,26)(H,25,29). The van der Waals surface area contributed by atoms with Crippen LogP contribution in [0.5, 0.6) is 5.75 Å². The van der Waals surface area contributed by atoms with Crippen molar-refractivity contribution >= 4 is 23.1 Å². The molecule has 1 aromatic heterocycles. The summed E-state index contributed by atoms with van der Waals surface area (Å²) < 4.78 is 40.7. The van der Waals surface area contributed by atoms with E-state index in [-0.39, 0.29) is 29.2 Å². The van der Waals surface area contributed by atoms with Gasteiger partial charge in [-0.05, 0) is 42.0 Å². The van der Waals surface area contributed by atoms with E-state index in [0.717, 1.165) is 18.2 Å². The van der Waals surface area contributed by atoms with Crippen molar-refractivity contribution in [2.45, 2.75) is 12.5 Å². The summed E-state index contributed by atoms with van der Waals surface area (Å²) in [7, 11) is 0. The number of nitrogens with one attached hydrogen (secondary N) is 3. The van der Waals surface area contributed by atoms with Gasteiger partial charge >= 0.3 is 6.36 Å². The quantitative estimate of drug-likeness (QED) is 0.311. The van der Waals surface area contributed by atoms with Crippen LogP contribution in [-0.2, 0) is 4.79 Å². The van der Waals surface area contributed by atoms with Crippen molar-refractivity contribution < 1.29 is 32.9 Å². The summed E-state index contributed by atoms with van der Waals surface area (Å²) in [5, 5.41) is 33.0. The highest BCUT2D eigenvalue weighted by Gasteiger charge is 2.31. The molecule has 5 N–H and O–H groups in total. The van der Waals surface area contributed by atoms with Crippen molar-refractivity contribution in [3.63, 3.8) is 0 Å². The van der Waals surface area contributed by atoms with Crippen LogP contribution >= 0.6 is 0 Å². The van der Waals surface area contributed by atoms with E-state index in [1.807, 2.05) is 0 Å². The molecule has 2 aromatic rings. The van der Waals surface area contributed by atoms with Gasteiger partial charge < -0.3 is 31.0 Å². The number of halogens is 3. The van der Waals surface area contributed by atoms with Crippen LogP contribution in [0.25, 0.3) is 0 Å². The second kappa shape index (κ2) is 9.85. The molecule has 11 heteroatoms. The van der Waals surface area contributed by atoms with Crippen LogP contribution in [0.3, 0.4) is 0 Å². The Morgan fingerprint density at radius 2 is 1.97 bits per heavy atom. The highest BCUT2D eigenvalue weighted by Crippen LogP contribution is 2.28. The van der Waals surface area contributed by atoms with Crippen molar-refractivity contribution in [3.8, 4) is 5.75 Å². The summed E-state index contributed by atoms with van der Waals surface area (Å²) in [5.74, 6) is -0.824. The van der Waals surface area contributed by atoms with Crippen LogP contribution in [0.1, 0.15) is 17.2 Å². The monoisotopic (exact) mass is 424 g/mol. The van der Waals surface area contributed by atoms with Crippen molar-refractivity contribution in [2.75, 3.05) is 18.5 Å². The number of aromatic nitrogens is 1. The Labute approximate surface area is 169 Å². The average molecular weight is 424 g/mol. The first-order valence-electron chi connectivity index (χ1n) is 8.53. The fourth-order valence-electron chi connectivity index (χ4n) is 2.48. The number of pyridine rings is 1. The number of carbonyl (C=O) groups is 1. The number of aliphatic hydroxyl groups excluding tert-OH is 2. The predicted octanol–water partition coefficient (Wildman–Crippen LogP) is 2.42. The van der Waals surface area contributed by atoms with Crippen LogP contribution in [0.15, 0.2) is 49.2 Å². The van der Waals surface area contributed by atoms with Crippen LogP contribution < -0.4 is 15.4 Å². The number of alkyl halides is 3. The minimum absolute atomic E-state index is 0.0994. The van der Waals surface area contributed by atoms with Crippen molar-refractivity contribution in [2.24, 2.45) is 0 Å². The van der Waals surface area contributed by atoms with Gasteiger partial charge in [0, 0.05) is 17.4 Å². The first kappa shape index (κ1) is 22.8. The van der Waals surface area contributed by atoms with Gasteiger partial charge in [0.15, 0.2) is 0 Å². The van der Waals surface area contributed by atoms with Gasteiger partial charge in [-0.15, -0.1) is 13.2 Å². The van der Waals surface area contributed by atoms with E-state index in [4.69, 9.17) is 5.41 Å². The van der Waals surface area contributed by atoms with E-state index in [2.05, 4.69) is 26.9 Å². The fraction of sp³-hybridized carbons (Fsp3) is 0.211. The van der Waals surface area contributed by atoms with Gasteiger partial charge in [0.25, 0.3) is 0 Å². The normalized spacial score (nSPS) is 12.0. The van der Waals surface area contributed by atoms with Crippen molar-refractivity contribution in [1.82, 2.24) is 10.3 Å². The number of aliphatic hydroxyl groups is 2. The van der Waals surface area contributed by atoms with Crippen LogP contribution in [0.4, 0.5) is 24.7 Å². The Bertz CT molecular complexity index is 917. The maximum atomic E-state index is 12.3. The maximum absolute atomic E-state index is 12.3. The SMILES string of the molecule is C=CC(=O)NCC(=N)c1c(C(O)CO)ccnc1Nc1ccc(OC(F)(F)F)cc1. The minimum Gasteiger partial charge on any atom is -0.406 e. The Balaban J connectivity index is 2.33. The lowest BCUT2D eigenvalue weighted by molar-refractivity contribution is -0.274. The highest BCUT2D eigenvalue weighted by molar-refractivity contribution is 6.07. The Morgan fingerprint density at radius 3 is 2.53 bits per heavy atom. The molecule has 0 aliphatic heterocycles. The molecule has 0 saturated carbocycles. The summed E-state index contributed by atoms with van der Waals surface area (Å²) in [6.45, 7) is 2.48. The number of anilines is 2. The van der Waals surface area contributed by atoms with Crippen LogP contribution in [0.2, 0.25) is 0 Å². The number of rotatable bonds is 9. The summed E-state index contributed by atoms with van der Waals surface area (Å²) >= 11 is 0. The molecular formula is C19H19F3N4O4. The summed E-state index contributed by atoms with van der Waals surface area (Å²) in [6.07, 6.45) is -3.77. The lowest BCUT2D eigenvalue weighted by Gasteiger charge is -2.19. The van der Waals surface area contributed by atoms with Crippen LogP contribution in [-0.4, -0.2) is 46.3 Å². The van der Waals surface area contributed by atoms with Gasteiger partial charge in [-0.25, -0.2) is 4.98 Å². The summed E-state index contributed by atoms with van der Waals surface area (Å²) in [6, 6.07) is 6.22. The van der Waals surface area contributed by atoms with Gasteiger partial charge in [-0.2, -0.15) is 0 Å². The Morgan fingerprint density at radius 1 is 1.30 bits per heavy atom. The smallest absolute Gasteiger partial charge is 0.406 e. The van der Waals surface area contributed by atoms with E-state index in [1.54, 1.807) is 0 Å². The predicted molar refractivity (Wildman–Crippen MR) is 103 cm³/mol. The largest absolute Gasteiger partial charge is 0.573 e. The molecule has 0 fully saturated rings. The molecule has 8 nitrogen and oxygen atoms in total. The van der Waals surface area contributed by atoms with E-state index in [9.17, 15) is 28.2 Å². The lowest BCUT2D eigenvalue weighted by atomic mass is 9.99. The molecule has 0 spiro atoms. The van der Waals surface area contributed by atoms with Gasteiger partial charge in [0.2, 0.25) is 5.91 Å². The minimum atomic E-state index is -4.82. The molecule has 0 aliphatic carbocycles. The molecule has 2 rings (SSSR count). The molecule has 1 aromatic carbocycles. The lowest BCUT2D eigenvalue weighted by Crippen LogP contribution is -2.29. The Hall–Kier alpha value is -3.44. The third kappa shape index (κ3) is 6.29. The molecule has 0 saturated heterocycles. The number of benzene rings is 1. The zero-order chi connectivity index (χ0) is 22.3. The van der Waals surface area contributed by atoms with Crippen molar-refractivity contribution in [1.29, 1.82) is 5.41 Å². The highest BCUT2D eigenvalue weighted by atomic mass is 19.4. The molecule has 0 bridgehead atoms. The van der Waals surface area contributed by atoms with E-state index < -0.39 is 30.7 Å². The van der Waals surface area contributed by atoms with Gasteiger partial charge in [0.05, 0.1) is 18.9 Å². The molecule has 1 heterocycles. The molecular weight excluding hydrogens is 405 g/mol. The molecule has 0 aliphatic rings. The fourth-order valence-corrected chi connectivity index (χ4v) is 2.48. The van der Waals surface area contributed by atoms with E-state index in [1.165, 1.54) is 24.4 Å². The number of ether oxygens (including phenoxy) is 1. The van der Waals surface area contributed by atoms with Gasteiger partial charge in [0.1, 0.15) is 17.7 Å². The zero-order valence-electron chi connectivity index (χ0n) is 15.5. The summed E-state index contributed by atoms with van der Waals surface area (Å²) in [5.41, 5.74) is 0.515. The number of hydrogen-bond donors (Lipinski definition) is 5.